The molecule has 3 amide bonds. The number of rotatable bonds is 9. The summed E-state index contributed by atoms with van der Waals surface area (Å²) in [6.07, 6.45) is 1.93. The van der Waals surface area contributed by atoms with Crippen molar-refractivity contribution in [3.8, 4) is 0 Å². The highest BCUT2D eigenvalue weighted by Crippen LogP contribution is 2.21. The van der Waals surface area contributed by atoms with Crippen LogP contribution in [0.4, 0.5) is 0 Å². The highest BCUT2D eigenvalue weighted by molar-refractivity contribution is 7.80. The highest BCUT2D eigenvalue weighted by atomic mass is 32.1. The number of amides is 3. The van der Waals surface area contributed by atoms with Gasteiger partial charge >= 0.3 is 11.9 Å². The van der Waals surface area contributed by atoms with Crippen LogP contribution in [0.3, 0.4) is 0 Å². The zero-order valence-corrected chi connectivity index (χ0v) is 16.7. The molecule has 0 saturated carbocycles. The van der Waals surface area contributed by atoms with Gasteiger partial charge in [0.15, 0.2) is 0 Å². The minimum atomic E-state index is -1.63. The number of carboxylic acid groups (broad SMARTS) is 2. The molecule has 0 bridgehead atoms. The lowest BCUT2D eigenvalue weighted by molar-refractivity contribution is -0.147. The molecule has 0 aromatic heterocycles. The first kappa shape index (κ1) is 22.9. The Morgan fingerprint density at radius 1 is 1.07 bits per heavy atom. The summed E-state index contributed by atoms with van der Waals surface area (Å²) in [6.45, 7) is 1.20. The summed E-state index contributed by atoms with van der Waals surface area (Å²) in [6, 6.07) is -3.81. The second kappa shape index (κ2) is 10.4. The van der Waals surface area contributed by atoms with Crippen molar-refractivity contribution in [1.29, 1.82) is 0 Å². The number of carboxylic acids is 2. The first-order chi connectivity index (χ1) is 13.7. The summed E-state index contributed by atoms with van der Waals surface area (Å²) in [5.41, 5.74) is 0. The normalized spacial score (nSPS) is 23.3. The van der Waals surface area contributed by atoms with Gasteiger partial charge in [-0.25, -0.2) is 4.79 Å². The summed E-state index contributed by atoms with van der Waals surface area (Å²) >= 11 is 4.02. The molecule has 0 aliphatic carbocycles. The molecule has 2 heterocycles. The molecule has 4 unspecified atom stereocenters. The van der Waals surface area contributed by atoms with Crippen LogP contribution in [-0.4, -0.2) is 87.8 Å². The van der Waals surface area contributed by atoms with Gasteiger partial charge in [-0.05, 0) is 32.2 Å². The molecule has 2 saturated heterocycles. The Hall–Kier alpha value is -2.34. The van der Waals surface area contributed by atoms with Crippen LogP contribution in [0.25, 0.3) is 0 Å². The number of hydrogen-bond acceptors (Lipinski definition) is 7. The molecule has 2 aliphatic rings. The molecule has 0 radical (unpaired) electrons. The van der Waals surface area contributed by atoms with Crippen molar-refractivity contribution in [2.24, 2.45) is 0 Å². The quantitative estimate of drug-likeness (QED) is 0.233. The average Bonchev–Trinajstić information content (AvgIpc) is 3.35. The molecule has 5 N–H and O–H groups in total. The number of nitrogens with one attached hydrogen (secondary N) is 3. The van der Waals surface area contributed by atoms with Gasteiger partial charge in [-0.1, -0.05) is 0 Å². The van der Waals surface area contributed by atoms with Crippen molar-refractivity contribution in [3.63, 3.8) is 0 Å². The molecule has 12 heteroatoms. The minimum Gasteiger partial charge on any atom is -0.481 e. The smallest absolute Gasteiger partial charge is 0.326 e. The van der Waals surface area contributed by atoms with Crippen molar-refractivity contribution < 1.29 is 34.2 Å². The summed E-state index contributed by atoms with van der Waals surface area (Å²) in [7, 11) is 0. The van der Waals surface area contributed by atoms with Gasteiger partial charge in [0.25, 0.3) is 0 Å². The Labute approximate surface area is 173 Å². The van der Waals surface area contributed by atoms with E-state index in [9.17, 15) is 24.0 Å². The molecule has 11 nitrogen and oxygen atoms in total. The Kier molecular flexibility index (Phi) is 8.26. The summed E-state index contributed by atoms with van der Waals surface area (Å²) in [5.74, 6) is -4.52. The molecular formula is C17H26N4O7S. The lowest BCUT2D eigenvalue weighted by Gasteiger charge is -2.28. The van der Waals surface area contributed by atoms with Crippen LogP contribution in [-0.2, 0) is 24.0 Å². The van der Waals surface area contributed by atoms with E-state index >= 15 is 0 Å². The maximum atomic E-state index is 12.7. The maximum absolute atomic E-state index is 12.7. The van der Waals surface area contributed by atoms with E-state index in [-0.39, 0.29) is 17.7 Å². The second-order valence-corrected chi connectivity index (χ2v) is 7.44. The van der Waals surface area contributed by atoms with Crippen LogP contribution < -0.4 is 16.0 Å². The van der Waals surface area contributed by atoms with Crippen molar-refractivity contribution in [2.75, 3.05) is 18.8 Å². The van der Waals surface area contributed by atoms with Gasteiger partial charge in [-0.15, -0.1) is 0 Å². The van der Waals surface area contributed by atoms with Crippen LogP contribution in [0, 0.1) is 0 Å². The molecule has 0 aromatic rings. The summed E-state index contributed by atoms with van der Waals surface area (Å²) < 4.78 is 0. The monoisotopic (exact) mass is 430 g/mol. The fourth-order valence-corrected chi connectivity index (χ4v) is 3.76. The SMILES string of the molecule is O=C(O)CC(NC(=O)C(CS)NC(=O)C1CCCN1C(=O)C1CCCN1)C(=O)O. The third-order valence-corrected chi connectivity index (χ3v) is 5.37. The van der Waals surface area contributed by atoms with E-state index in [0.29, 0.717) is 25.8 Å². The molecule has 2 fully saturated rings. The van der Waals surface area contributed by atoms with Gasteiger partial charge in [0.05, 0.1) is 12.5 Å². The van der Waals surface area contributed by atoms with E-state index in [4.69, 9.17) is 10.2 Å². The van der Waals surface area contributed by atoms with Crippen molar-refractivity contribution in [1.82, 2.24) is 20.9 Å². The molecule has 2 aliphatic heterocycles. The number of carbonyl (C=O) groups is 5. The molecular weight excluding hydrogens is 404 g/mol. The Morgan fingerprint density at radius 3 is 2.34 bits per heavy atom. The second-order valence-electron chi connectivity index (χ2n) is 7.08. The van der Waals surface area contributed by atoms with E-state index < -0.39 is 48.3 Å². The van der Waals surface area contributed by atoms with E-state index in [1.165, 1.54) is 4.90 Å². The molecule has 4 atom stereocenters. The van der Waals surface area contributed by atoms with Gasteiger partial charge in [-0.3, -0.25) is 19.2 Å². The molecule has 29 heavy (non-hydrogen) atoms. The third kappa shape index (κ3) is 6.07. The topological polar surface area (TPSA) is 165 Å². The number of aliphatic carboxylic acids is 2. The van der Waals surface area contributed by atoms with E-state index in [2.05, 4.69) is 28.6 Å². The van der Waals surface area contributed by atoms with Crippen LogP contribution in [0.1, 0.15) is 32.1 Å². The van der Waals surface area contributed by atoms with Gasteiger partial charge in [-0.2, -0.15) is 12.6 Å². The van der Waals surface area contributed by atoms with Gasteiger partial charge < -0.3 is 31.1 Å². The third-order valence-electron chi connectivity index (χ3n) is 5.01. The Morgan fingerprint density at radius 2 is 1.79 bits per heavy atom. The first-order valence-electron chi connectivity index (χ1n) is 9.44. The van der Waals surface area contributed by atoms with Gasteiger partial charge in [0.2, 0.25) is 17.7 Å². The van der Waals surface area contributed by atoms with Crippen molar-refractivity contribution in [3.05, 3.63) is 0 Å². The Balaban J connectivity index is 1.98. The van der Waals surface area contributed by atoms with Crippen molar-refractivity contribution >= 4 is 42.3 Å². The van der Waals surface area contributed by atoms with Gasteiger partial charge in [0, 0.05) is 12.3 Å². The largest absolute Gasteiger partial charge is 0.481 e. The Bertz CT molecular complexity index is 668. The summed E-state index contributed by atoms with van der Waals surface area (Å²) in [4.78, 5) is 61.0. The minimum absolute atomic E-state index is 0.123. The standard InChI is InChI=1S/C17H26N4O7S/c22-13(23)7-10(17(27)28)19-14(24)11(8-29)20-15(25)12-4-2-6-21(12)16(26)9-3-1-5-18-9/h9-12,18,29H,1-8H2,(H,19,24)(H,20,25)(H,22,23)(H,27,28). The number of hydrogen-bond donors (Lipinski definition) is 6. The van der Waals surface area contributed by atoms with Crippen molar-refractivity contribution in [2.45, 2.75) is 56.3 Å². The fourth-order valence-electron chi connectivity index (χ4n) is 3.51. The van der Waals surface area contributed by atoms with E-state index in [1.54, 1.807) is 0 Å². The van der Waals surface area contributed by atoms with Crippen LogP contribution in [0.2, 0.25) is 0 Å². The molecule has 0 spiro atoms. The lowest BCUT2D eigenvalue weighted by atomic mass is 10.1. The van der Waals surface area contributed by atoms with Crippen LogP contribution in [0.5, 0.6) is 0 Å². The van der Waals surface area contributed by atoms with Crippen LogP contribution >= 0.6 is 12.6 Å². The molecule has 162 valence electrons. The van der Waals surface area contributed by atoms with Crippen LogP contribution in [0.15, 0.2) is 0 Å². The summed E-state index contributed by atoms with van der Waals surface area (Å²) in [5, 5.41) is 25.5. The maximum Gasteiger partial charge on any atom is 0.326 e. The highest BCUT2D eigenvalue weighted by Gasteiger charge is 2.39. The van der Waals surface area contributed by atoms with E-state index in [1.807, 2.05) is 0 Å². The van der Waals surface area contributed by atoms with E-state index in [0.717, 1.165) is 13.0 Å². The van der Waals surface area contributed by atoms with Gasteiger partial charge in [0.1, 0.15) is 18.1 Å². The molecule has 0 aromatic carbocycles. The number of nitrogens with zero attached hydrogens (tertiary/aromatic N) is 1. The zero-order chi connectivity index (χ0) is 21.6. The first-order valence-corrected chi connectivity index (χ1v) is 10.1. The predicted octanol–water partition coefficient (Wildman–Crippen LogP) is -1.81. The number of likely N-dealkylation sites (tertiary alicyclic amines) is 1. The zero-order valence-electron chi connectivity index (χ0n) is 15.8. The average molecular weight is 430 g/mol. The predicted molar refractivity (Wildman–Crippen MR) is 103 cm³/mol. The fraction of sp³-hybridized carbons (Fsp3) is 0.706. The lowest BCUT2D eigenvalue weighted by Crippen LogP contribution is -2.57. The number of carbonyl (C=O) groups excluding carboxylic acids is 3. The molecule has 2 rings (SSSR count). The number of thiol groups is 1.